The van der Waals surface area contributed by atoms with Crippen molar-refractivity contribution in [3.63, 3.8) is 0 Å². The molecule has 0 amide bonds. The summed E-state index contributed by atoms with van der Waals surface area (Å²) in [5.74, 6) is 1.94. The zero-order valence-electron chi connectivity index (χ0n) is 14.9. The Morgan fingerprint density at radius 1 is 1.04 bits per heavy atom. The average Bonchev–Trinajstić information content (AvgIpc) is 3.17. The molecule has 2 aromatic heterocycles. The van der Waals surface area contributed by atoms with Crippen LogP contribution < -0.4 is 5.56 Å². The van der Waals surface area contributed by atoms with Gasteiger partial charge in [0.1, 0.15) is 11.6 Å². The number of nitrogens with zero attached hydrogens (tertiary/aromatic N) is 6. The lowest BCUT2D eigenvalue weighted by molar-refractivity contribution is 0.248. The maximum Gasteiger partial charge on any atom is 0.253 e. The van der Waals surface area contributed by atoms with Crippen LogP contribution in [-0.2, 0) is 33.2 Å². The van der Waals surface area contributed by atoms with Crippen molar-refractivity contribution >= 4 is 0 Å². The van der Waals surface area contributed by atoms with Gasteiger partial charge < -0.3 is 4.57 Å². The van der Waals surface area contributed by atoms with Crippen LogP contribution in [0.2, 0.25) is 0 Å². The summed E-state index contributed by atoms with van der Waals surface area (Å²) in [5.41, 5.74) is 1.01. The third-order valence-corrected chi connectivity index (χ3v) is 5.23. The van der Waals surface area contributed by atoms with Crippen molar-refractivity contribution in [2.24, 2.45) is 7.05 Å². The second-order valence-corrected chi connectivity index (χ2v) is 7.16. The Hall–Kier alpha value is -1.99. The molecular formula is C18H26N6O. The average molecular weight is 342 g/mol. The van der Waals surface area contributed by atoms with E-state index in [2.05, 4.69) is 19.4 Å². The van der Waals surface area contributed by atoms with Crippen LogP contribution in [0.4, 0.5) is 0 Å². The molecule has 0 bridgehead atoms. The molecule has 0 saturated carbocycles. The maximum absolute atomic E-state index is 12.6. The summed E-state index contributed by atoms with van der Waals surface area (Å²) < 4.78 is 3.90. The molecule has 0 N–H and O–H groups in total. The second-order valence-electron chi connectivity index (χ2n) is 7.16. The molecule has 134 valence electrons. The van der Waals surface area contributed by atoms with Crippen molar-refractivity contribution in [2.75, 3.05) is 19.6 Å². The molecular weight excluding hydrogens is 316 g/mol. The van der Waals surface area contributed by atoms with Crippen LogP contribution in [0.25, 0.3) is 0 Å². The molecule has 0 radical (unpaired) electrons. The van der Waals surface area contributed by atoms with Gasteiger partial charge in [-0.2, -0.15) is 0 Å². The van der Waals surface area contributed by atoms with Crippen molar-refractivity contribution in [1.29, 1.82) is 0 Å². The van der Waals surface area contributed by atoms with Gasteiger partial charge in [0.25, 0.3) is 5.56 Å². The van der Waals surface area contributed by atoms with Gasteiger partial charge in [-0.25, -0.2) is 9.97 Å². The molecule has 2 aromatic rings. The van der Waals surface area contributed by atoms with Gasteiger partial charge in [0.05, 0.1) is 18.8 Å². The molecule has 0 aromatic carbocycles. The van der Waals surface area contributed by atoms with E-state index in [0.717, 1.165) is 63.0 Å². The molecule has 2 aliphatic heterocycles. The first-order valence-corrected chi connectivity index (χ1v) is 9.19. The van der Waals surface area contributed by atoms with Crippen molar-refractivity contribution in [3.05, 3.63) is 46.2 Å². The Bertz CT molecular complexity index is 789. The van der Waals surface area contributed by atoms with Gasteiger partial charge in [-0.1, -0.05) is 0 Å². The highest BCUT2D eigenvalue weighted by atomic mass is 16.1. The number of hydrogen-bond donors (Lipinski definition) is 0. The first-order valence-electron chi connectivity index (χ1n) is 9.19. The first kappa shape index (κ1) is 16.5. The van der Waals surface area contributed by atoms with Crippen LogP contribution in [0.1, 0.15) is 36.6 Å². The molecule has 0 aliphatic carbocycles. The predicted molar refractivity (Wildman–Crippen MR) is 94.9 cm³/mol. The lowest BCUT2D eigenvalue weighted by Crippen LogP contribution is -2.29. The highest BCUT2D eigenvalue weighted by molar-refractivity contribution is 5.06. The van der Waals surface area contributed by atoms with E-state index in [9.17, 15) is 4.79 Å². The third-order valence-electron chi connectivity index (χ3n) is 5.23. The van der Waals surface area contributed by atoms with E-state index in [1.54, 1.807) is 6.07 Å². The molecule has 0 atom stereocenters. The third kappa shape index (κ3) is 3.67. The van der Waals surface area contributed by atoms with E-state index in [1.165, 1.54) is 12.8 Å². The van der Waals surface area contributed by atoms with E-state index >= 15 is 0 Å². The van der Waals surface area contributed by atoms with E-state index in [1.807, 2.05) is 24.0 Å². The number of rotatable bonds is 4. The Balaban J connectivity index is 1.55. The molecule has 1 saturated heterocycles. The summed E-state index contributed by atoms with van der Waals surface area (Å²) in [4.78, 5) is 26.6. The van der Waals surface area contributed by atoms with Gasteiger partial charge in [0.15, 0.2) is 0 Å². The molecule has 4 rings (SSSR count). The molecule has 0 spiro atoms. The largest absolute Gasteiger partial charge is 0.337 e. The normalized spacial score (nSPS) is 19.1. The van der Waals surface area contributed by atoms with Gasteiger partial charge in [-0.05, 0) is 32.4 Å². The summed E-state index contributed by atoms with van der Waals surface area (Å²) in [6.07, 6.45) is 7.27. The molecule has 7 heteroatoms. The lowest BCUT2D eigenvalue weighted by atomic mass is 10.3. The van der Waals surface area contributed by atoms with E-state index < -0.39 is 0 Å². The van der Waals surface area contributed by atoms with E-state index in [4.69, 9.17) is 4.98 Å². The Morgan fingerprint density at radius 3 is 2.60 bits per heavy atom. The summed E-state index contributed by atoms with van der Waals surface area (Å²) in [6.45, 7) is 6.23. The number of hydrogen-bond acceptors (Lipinski definition) is 5. The number of aryl methyl sites for hydroxylation is 1. The minimum Gasteiger partial charge on any atom is -0.337 e. The highest BCUT2D eigenvalue weighted by Gasteiger charge is 2.20. The number of likely N-dealkylation sites (tertiary alicyclic amines) is 1. The lowest BCUT2D eigenvalue weighted by Gasteiger charge is -2.20. The quantitative estimate of drug-likeness (QED) is 0.829. The fourth-order valence-electron chi connectivity index (χ4n) is 3.83. The minimum absolute atomic E-state index is 0.0954. The zero-order valence-corrected chi connectivity index (χ0v) is 14.9. The van der Waals surface area contributed by atoms with Crippen LogP contribution in [0.15, 0.2) is 23.3 Å². The Kier molecular flexibility index (Phi) is 4.67. The van der Waals surface area contributed by atoms with Crippen molar-refractivity contribution in [2.45, 2.75) is 45.4 Å². The fraction of sp³-hybridized carbons (Fsp3) is 0.611. The SMILES string of the molecule is Cn1ccnc1CN1CCCn2c(nc(CN3CCCC3)cc2=O)C1. The van der Waals surface area contributed by atoms with Gasteiger partial charge >= 0.3 is 0 Å². The van der Waals surface area contributed by atoms with Gasteiger partial charge in [-0.3, -0.25) is 19.2 Å². The topological polar surface area (TPSA) is 59.2 Å². The van der Waals surface area contributed by atoms with E-state index in [0.29, 0.717) is 6.54 Å². The van der Waals surface area contributed by atoms with Gasteiger partial charge in [-0.15, -0.1) is 0 Å². The number of aromatic nitrogens is 4. The first-order chi connectivity index (χ1) is 12.2. The molecule has 25 heavy (non-hydrogen) atoms. The number of fused-ring (bicyclic) bond motifs is 1. The van der Waals surface area contributed by atoms with E-state index in [-0.39, 0.29) is 5.56 Å². The molecule has 7 nitrogen and oxygen atoms in total. The molecule has 2 aliphatic rings. The standard InChI is InChI=1S/C18H26N6O/c1-21-10-5-19-16(21)13-23-8-4-9-24-17(14-23)20-15(11-18(24)25)12-22-6-2-3-7-22/h5,10-11H,2-4,6-9,12-14H2,1H3. The molecule has 4 heterocycles. The van der Waals surface area contributed by atoms with Crippen molar-refractivity contribution in [1.82, 2.24) is 28.9 Å². The Morgan fingerprint density at radius 2 is 1.84 bits per heavy atom. The minimum atomic E-state index is 0.0954. The molecule has 0 unspecified atom stereocenters. The summed E-state index contributed by atoms with van der Waals surface area (Å²) in [6, 6.07) is 1.73. The molecule has 1 fully saturated rings. The smallest absolute Gasteiger partial charge is 0.253 e. The van der Waals surface area contributed by atoms with Crippen LogP contribution in [0.5, 0.6) is 0 Å². The summed E-state index contributed by atoms with van der Waals surface area (Å²) >= 11 is 0. The van der Waals surface area contributed by atoms with Crippen LogP contribution in [-0.4, -0.2) is 48.5 Å². The highest BCUT2D eigenvalue weighted by Crippen LogP contribution is 2.14. The van der Waals surface area contributed by atoms with Crippen LogP contribution in [0.3, 0.4) is 0 Å². The van der Waals surface area contributed by atoms with Crippen molar-refractivity contribution < 1.29 is 0 Å². The second kappa shape index (κ2) is 7.09. The van der Waals surface area contributed by atoms with Crippen LogP contribution >= 0.6 is 0 Å². The predicted octanol–water partition coefficient (Wildman–Crippen LogP) is 0.978. The van der Waals surface area contributed by atoms with Gasteiger partial charge in [0, 0.05) is 45.1 Å². The van der Waals surface area contributed by atoms with Gasteiger partial charge in [0.2, 0.25) is 0 Å². The summed E-state index contributed by atoms with van der Waals surface area (Å²) in [7, 11) is 2.02. The maximum atomic E-state index is 12.6. The fourth-order valence-corrected chi connectivity index (χ4v) is 3.83. The van der Waals surface area contributed by atoms with Crippen molar-refractivity contribution in [3.8, 4) is 0 Å². The monoisotopic (exact) mass is 342 g/mol. The zero-order chi connectivity index (χ0) is 17.2. The number of imidazole rings is 1. The van der Waals surface area contributed by atoms with Crippen LogP contribution in [0, 0.1) is 0 Å². The Labute approximate surface area is 147 Å². The summed E-state index contributed by atoms with van der Waals surface area (Å²) in [5, 5.41) is 0.